The van der Waals surface area contributed by atoms with Gasteiger partial charge in [-0.3, -0.25) is 19.4 Å². The molecular weight excluding hydrogens is 539 g/mol. The van der Waals surface area contributed by atoms with Crippen molar-refractivity contribution in [2.24, 2.45) is 0 Å². The first-order valence-electron chi connectivity index (χ1n) is 13.1. The summed E-state index contributed by atoms with van der Waals surface area (Å²) in [6.45, 7) is 10.6. The molecule has 0 fully saturated rings. The number of carbonyl (C=O) groups excluding carboxylic acids is 3. The Kier molecular flexibility index (Phi) is 12.0. The first-order valence-corrected chi connectivity index (χ1v) is 13.1. The largest absolute Gasteiger partial charge is 0.353 e. The third-order valence-corrected chi connectivity index (χ3v) is 7.17. The maximum atomic E-state index is 13.5. The summed E-state index contributed by atoms with van der Waals surface area (Å²) in [5.74, 6) is -0.287. The minimum atomic E-state index is -0.164. The van der Waals surface area contributed by atoms with Crippen LogP contribution < -0.4 is 15.5 Å². The molecule has 0 saturated heterocycles. The number of hydrogen-bond acceptors (Lipinski definition) is 6. The lowest BCUT2D eigenvalue weighted by Gasteiger charge is -2.32. The molecule has 0 aromatic heterocycles. The lowest BCUT2D eigenvalue weighted by atomic mass is 10.0. The van der Waals surface area contributed by atoms with E-state index >= 15 is 0 Å². The van der Waals surface area contributed by atoms with Gasteiger partial charge in [-0.2, -0.15) is 0 Å². The number of benzene rings is 2. The normalized spacial score (nSPS) is 13.7. The van der Waals surface area contributed by atoms with Gasteiger partial charge in [0, 0.05) is 57.6 Å². The standard InChI is InChI=1S/C28H38N6O3.2ClH/c1-5-29-11-12-30-26(35)18-33(25-14-24-23(13-20(25)3)15-32(6-2)28(24)37)19-27(36)31(4)34-16-21-9-7-8-10-22(21)17-34;;/h7-10,13-14,29H,5-6,11-12,15-19H2,1-4H3,(H,30,35);2*1H. The molecule has 0 atom stereocenters. The average molecular weight is 580 g/mol. The number of nitrogens with zero attached hydrogens (tertiary/aromatic N) is 4. The maximum absolute atomic E-state index is 13.5. The predicted octanol–water partition coefficient (Wildman–Crippen LogP) is 2.74. The van der Waals surface area contributed by atoms with E-state index in [1.165, 1.54) is 11.1 Å². The SMILES string of the molecule is CCNCCNC(=O)CN(CC(=O)N(C)N1Cc2ccccc2C1)c1cc2c(cc1C)CN(CC)C2=O.Cl.Cl. The molecule has 4 rings (SSSR count). The van der Waals surface area contributed by atoms with Crippen LogP contribution in [-0.4, -0.2) is 79.0 Å². The van der Waals surface area contributed by atoms with Crippen LogP contribution in [-0.2, 0) is 29.2 Å². The van der Waals surface area contributed by atoms with Gasteiger partial charge in [-0.1, -0.05) is 37.3 Å². The van der Waals surface area contributed by atoms with E-state index in [1.54, 1.807) is 21.9 Å². The van der Waals surface area contributed by atoms with E-state index in [-0.39, 0.29) is 55.6 Å². The number of carbonyl (C=O) groups is 3. The highest BCUT2D eigenvalue weighted by Crippen LogP contribution is 2.31. The smallest absolute Gasteiger partial charge is 0.256 e. The molecule has 0 radical (unpaired) electrons. The Bertz CT molecular complexity index is 1150. The molecule has 2 aliphatic heterocycles. The first-order chi connectivity index (χ1) is 17.8. The van der Waals surface area contributed by atoms with Crippen LogP contribution in [0.4, 0.5) is 5.69 Å². The molecule has 2 aromatic carbocycles. The number of hydrogen-bond donors (Lipinski definition) is 2. The molecule has 11 heteroatoms. The fraction of sp³-hybridized carbons (Fsp3) is 0.464. The number of halogens is 2. The molecule has 0 saturated carbocycles. The van der Waals surface area contributed by atoms with Crippen LogP contribution in [0.15, 0.2) is 36.4 Å². The fourth-order valence-corrected chi connectivity index (χ4v) is 5.00. The van der Waals surface area contributed by atoms with Crippen molar-refractivity contribution in [2.75, 3.05) is 51.2 Å². The van der Waals surface area contributed by atoms with Crippen molar-refractivity contribution in [3.05, 3.63) is 64.2 Å². The molecule has 2 aliphatic rings. The van der Waals surface area contributed by atoms with Gasteiger partial charge in [0.25, 0.3) is 11.8 Å². The van der Waals surface area contributed by atoms with E-state index in [2.05, 4.69) is 22.8 Å². The van der Waals surface area contributed by atoms with Gasteiger partial charge < -0.3 is 20.4 Å². The van der Waals surface area contributed by atoms with E-state index in [0.717, 1.165) is 23.4 Å². The Hall–Kier alpha value is -2.85. The molecule has 2 heterocycles. The van der Waals surface area contributed by atoms with Gasteiger partial charge in [-0.15, -0.1) is 24.8 Å². The van der Waals surface area contributed by atoms with E-state index < -0.39 is 0 Å². The third-order valence-electron chi connectivity index (χ3n) is 7.17. The maximum Gasteiger partial charge on any atom is 0.256 e. The quantitative estimate of drug-likeness (QED) is 0.399. The number of amides is 3. The average Bonchev–Trinajstić information content (AvgIpc) is 3.45. The number of rotatable bonds is 11. The number of anilines is 1. The Labute approximate surface area is 243 Å². The van der Waals surface area contributed by atoms with Crippen LogP contribution >= 0.6 is 24.8 Å². The second-order valence-corrected chi connectivity index (χ2v) is 9.68. The van der Waals surface area contributed by atoms with Gasteiger partial charge in [0.2, 0.25) is 5.91 Å². The molecule has 0 spiro atoms. The van der Waals surface area contributed by atoms with Gasteiger partial charge in [0.05, 0.1) is 13.1 Å². The van der Waals surface area contributed by atoms with Crippen LogP contribution in [0, 0.1) is 6.92 Å². The topological polar surface area (TPSA) is 88.2 Å². The summed E-state index contributed by atoms with van der Waals surface area (Å²) < 4.78 is 0. The summed E-state index contributed by atoms with van der Waals surface area (Å²) >= 11 is 0. The van der Waals surface area contributed by atoms with E-state index in [4.69, 9.17) is 0 Å². The molecule has 3 amide bonds. The molecule has 0 aliphatic carbocycles. The fourth-order valence-electron chi connectivity index (χ4n) is 5.00. The highest BCUT2D eigenvalue weighted by Gasteiger charge is 2.30. The molecule has 2 N–H and O–H groups in total. The number of hydrazine groups is 1. The summed E-state index contributed by atoms with van der Waals surface area (Å²) in [7, 11) is 1.78. The summed E-state index contributed by atoms with van der Waals surface area (Å²) in [5, 5.41) is 9.79. The summed E-state index contributed by atoms with van der Waals surface area (Å²) in [6, 6.07) is 12.1. The van der Waals surface area contributed by atoms with Crippen molar-refractivity contribution < 1.29 is 14.4 Å². The highest BCUT2D eigenvalue weighted by molar-refractivity contribution is 6.00. The zero-order valence-electron chi connectivity index (χ0n) is 23.2. The van der Waals surface area contributed by atoms with Crippen LogP contribution in [0.3, 0.4) is 0 Å². The van der Waals surface area contributed by atoms with E-state index in [9.17, 15) is 14.4 Å². The van der Waals surface area contributed by atoms with E-state index in [1.807, 2.05) is 50.0 Å². The van der Waals surface area contributed by atoms with Crippen LogP contribution in [0.5, 0.6) is 0 Å². The van der Waals surface area contributed by atoms with Gasteiger partial charge in [-0.05, 0) is 48.7 Å². The molecule has 9 nitrogen and oxygen atoms in total. The van der Waals surface area contributed by atoms with Crippen LogP contribution in [0.2, 0.25) is 0 Å². The Morgan fingerprint density at radius 2 is 1.62 bits per heavy atom. The zero-order chi connectivity index (χ0) is 26.5. The number of aryl methyl sites for hydroxylation is 1. The summed E-state index contributed by atoms with van der Waals surface area (Å²) in [5.41, 5.74) is 5.74. The van der Waals surface area contributed by atoms with E-state index in [0.29, 0.717) is 44.8 Å². The molecule has 39 heavy (non-hydrogen) atoms. The highest BCUT2D eigenvalue weighted by atomic mass is 35.5. The summed E-state index contributed by atoms with van der Waals surface area (Å²) in [4.78, 5) is 42.8. The van der Waals surface area contributed by atoms with Crippen molar-refractivity contribution in [3.8, 4) is 0 Å². The second-order valence-electron chi connectivity index (χ2n) is 9.68. The Morgan fingerprint density at radius 1 is 0.949 bits per heavy atom. The predicted molar refractivity (Wildman–Crippen MR) is 158 cm³/mol. The van der Waals surface area contributed by atoms with Crippen molar-refractivity contribution in [3.63, 3.8) is 0 Å². The molecular formula is C28H40Cl2N6O3. The number of likely N-dealkylation sites (N-methyl/N-ethyl adjacent to an activating group) is 2. The van der Waals surface area contributed by atoms with Crippen molar-refractivity contribution in [1.29, 1.82) is 0 Å². The Morgan fingerprint density at radius 3 is 2.23 bits per heavy atom. The second kappa shape index (κ2) is 14.5. The molecule has 0 bridgehead atoms. The minimum Gasteiger partial charge on any atom is -0.353 e. The minimum absolute atomic E-state index is 0. The van der Waals surface area contributed by atoms with Gasteiger partial charge in [-0.25, -0.2) is 5.01 Å². The third kappa shape index (κ3) is 7.42. The van der Waals surface area contributed by atoms with Crippen molar-refractivity contribution in [2.45, 2.75) is 40.4 Å². The first kappa shape index (κ1) is 32.4. The summed E-state index contributed by atoms with van der Waals surface area (Å²) in [6.07, 6.45) is 0. The monoisotopic (exact) mass is 578 g/mol. The van der Waals surface area contributed by atoms with Gasteiger partial charge in [0.15, 0.2) is 0 Å². The van der Waals surface area contributed by atoms with Gasteiger partial charge >= 0.3 is 0 Å². The molecule has 214 valence electrons. The lowest BCUT2D eigenvalue weighted by molar-refractivity contribution is -0.145. The molecule has 2 aromatic rings. The molecule has 0 unspecified atom stereocenters. The zero-order valence-corrected chi connectivity index (χ0v) is 24.8. The Balaban J connectivity index is 0.00000267. The van der Waals surface area contributed by atoms with Crippen molar-refractivity contribution in [1.82, 2.24) is 25.6 Å². The van der Waals surface area contributed by atoms with Gasteiger partial charge in [0.1, 0.15) is 0 Å². The number of fused-ring (bicyclic) bond motifs is 2. The number of nitrogens with one attached hydrogen (secondary N) is 2. The lowest BCUT2D eigenvalue weighted by Crippen LogP contribution is -2.48. The van der Waals surface area contributed by atoms with Crippen molar-refractivity contribution >= 4 is 48.2 Å². The van der Waals surface area contributed by atoms with Crippen LogP contribution in [0.25, 0.3) is 0 Å². The van der Waals surface area contributed by atoms with Crippen LogP contribution in [0.1, 0.15) is 46.5 Å².